The molecule has 0 spiro atoms. The van der Waals surface area contributed by atoms with Crippen LogP contribution >= 0.6 is 0 Å². The Labute approximate surface area is 127 Å². The summed E-state index contributed by atoms with van der Waals surface area (Å²) in [6.45, 7) is 4.04. The number of benzene rings is 1. The van der Waals surface area contributed by atoms with Crippen LogP contribution in [0.2, 0.25) is 0 Å². The fourth-order valence-electron chi connectivity index (χ4n) is 3.93. The Morgan fingerprint density at radius 1 is 1.05 bits per heavy atom. The van der Waals surface area contributed by atoms with Crippen molar-refractivity contribution in [2.75, 3.05) is 13.1 Å². The number of amides is 1. The summed E-state index contributed by atoms with van der Waals surface area (Å²) in [4.78, 5) is 13.1. The number of rotatable bonds is 3. The third kappa shape index (κ3) is 2.84. The number of hydrogen-bond acceptors (Lipinski definition) is 2. The van der Waals surface area contributed by atoms with Crippen molar-refractivity contribution in [2.45, 2.75) is 56.4 Å². The lowest BCUT2D eigenvalue weighted by atomic mass is 9.72. The summed E-state index contributed by atoms with van der Waals surface area (Å²) >= 11 is 0. The van der Waals surface area contributed by atoms with Crippen LogP contribution in [0.4, 0.5) is 0 Å². The molecule has 0 bridgehead atoms. The normalized spacial score (nSPS) is 23.7. The maximum Gasteiger partial charge on any atom is 0.231 e. The van der Waals surface area contributed by atoms with Gasteiger partial charge in [-0.2, -0.15) is 0 Å². The molecule has 3 nitrogen and oxygen atoms in total. The van der Waals surface area contributed by atoms with Crippen molar-refractivity contribution in [1.82, 2.24) is 10.6 Å². The van der Waals surface area contributed by atoms with Crippen molar-refractivity contribution >= 4 is 5.91 Å². The Bertz CT molecular complexity index is 485. The molecule has 1 heterocycles. The van der Waals surface area contributed by atoms with E-state index in [1.807, 2.05) is 18.2 Å². The average molecular weight is 286 g/mol. The largest absolute Gasteiger partial charge is 0.350 e. The van der Waals surface area contributed by atoms with Gasteiger partial charge in [0.15, 0.2) is 0 Å². The molecule has 3 rings (SSSR count). The molecule has 3 heteroatoms. The summed E-state index contributed by atoms with van der Waals surface area (Å²) in [6, 6.07) is 10.3. The monoisotopic (exact) mass is 286 g/mol. The zero-order valence-electron chi connectivity index (χ0n) is 13.0. The number of carbonyl (C=O) groups excluding carboxylic acids is 1. The van der Waals surface area contributed by atoms with Crippen LogP contribution in [-0.2, 0) is 10.2 Å². The molecule has 2 aliphatic rings. The Balaban J connectivity index is 1.87. The van der Waals surface area contributed by atoms with Crippen molar-refractivity contribution in [3.05, 3.63) is 35.9 Å². The first-order valence-electron chi connectivity index (χ1n) is 8.24. The molecule has 1 amide bonds. The van der Waals surface area contributed by atoms with Gasteiger partial charge in [-0.15, -0.1) is 0 Å². The van der Waals surface area contributed by atoms with Gasteiger partial charge in [0.2, 0.25) is 5.91 Å². The second kappa shape index (κ2) is 5.80. The van der Waals surface area contributed by atoms with Gasteiger partial charge >= 0.3 is 0 Å². The highest BCUT2D eigenvalue weighted by Crippen LogP contribution is 2.36. The van der Waals surface area contributed by atoms with E-state index in [1.165, 1.54) is 18.4 Å². The second-order valence-electron chi connectivity index (χ2n) is 6.92. The van der Waals surface area contributed by atoms with E-state index < -0.39 is 0 Å². The molecule has 1 aromatic carbocycles. The first kappa shape index (κ1) is 14.6. The standard InChI is InChI=1S/C18H26N2O/c1-17(9-5-6-10-17)20-16(21)18(11-13-19-14-12-18)15-7-3-2-4-8-15/h2-4,7-8,19H,5-6,9-14H2,1H3,(H,20,21). The van der Waals surface area contributed by atoms with E-state index in [9.17, 15) is 4.79 Å². The molecule has 1 saturated carbocycles. The van der Waals surface area contributed by atoms with E-state index in [0.717, 1.165) is 38.8 Å². The first-order valence-corrected chi connectivity index (χ1v) is 8.24. The summed E-state index contributed by atoms with van der Waals surface area (Å²) in [6.07, 6.45) is 6.47. The van der Waals surface area contributed by atoms with Crippen LogP contribution in [-0.4, -0.2) is 24.5 Å². The van der Waals surface area contributed by atoms with Gasteiger partial charge in [0.05, 0.1) is 5.41 Å². The minimum Gasteiger partial charge on any atom is -0.350 e. The summed E-state index contributed by atoms with van der Waals surface area (Å²) in [5, 5.41) is 6.78. The molecule has 2 fully saturated rings. The van der Waals surface area contributed by atoms with E-state index in [-0.39, 0.29) is 16.9 Å². The maximum absolute atomic E-state index is 13.1. The molecule has 21 heavy (non-hydrogen) atoms. The highest BCUT2D eigenvalue weighted by Gasteiger charge is 2.43. The molecular formula is C18H26N2O. The second-order valence-corrected chi connectivity index (χ2v) is 6.92. The van der Waals surface area contributed by atoms with Gasteiger partial charge in [0.25, 0.3) is 0 Å². The SMILES string of the molecule is CC1(NC(=O)C2(c3ccccc3)CCNCC2)CCCC1. The molecule has 1 aliphatic heterocycles. The van der Waals surface area contributed by atoms with Gasteiger partial charge in [-0.05, 0) is 51.3 Å². The fraction of sp³-hybridized carbons (Fsp3) is 0.611. The van der Waals surface area contributed by atoms with E-state index in [4.69, 9.17) is 0 Å². The zero-order chi connectivity index (χ0) is 14.8. The Hall–Kier alpha value is -1.35. The highest BCUT2D eigenvalue weighted by atomic mass is 16.2. The minimum atomic E-state index is -0.349. The van der Waals surface area contributed by atoms with Gasteiger partial charge in [-0.25, -0.2) is 0 Å². The van der Waals surface area contributed by atoms with Crippen LogP contribution in [0.5, 0.6) is 0 Å². The number of hydrogen-bond donors (Lipinski definition) is 2. The van der Waals surface area contributed by atoms with E-state index >= 15 is 0 Å². The van der Waals surface area contributed by atoms with E-state index in [0.29, 0.717) is 0 Å². The summed E-state index contributed by atoms with van der Waals surface area (Å²) < 4.78 is 0. The highest BCUT2D eigenvalue weighted by molar-refractivity contribution is 5.89. The lowest BCUT2D eigenvalue weighted by Gasteiger charge is -2.39. The lowest BCUT2D eigenvalue weighted by molar-refractivity contribution is -0.129. The van der Waals surface area contributed by atoms with Crippen LogP contribution in [0.1, 0.15) is 51.0 Å². The smallest absolute Gasteiger partial charge is 0.231 e. The third-order valence-electron chi connectivity index (χ3n) is 5.34. The molecule has 1 saturated heterocycles. The molecule has 0 radical (unpaired) electrons. The minimum absolute atomic E-state index is 0.00371. The summed E-state index contributed by atoms with van der Waals surface area (Å²) in [5.74, 6) is 0.236. The van der Waals surface area contributed by atoms with Crippen molar-refractivity contribution in [2.24, 2.45) is 0 Å². The van der Waals surface area contributed by atoms with Gasteiger partial charge < -0.3 is 10.6 Å². The van der Waals surface area contributed by atoms with Gasteiger partial charge in [0, 0.05) is 5.54 Å². The van der Waals surface area contributed by atoms with Crippen LogP contribution < -0.4 is 10.6 Å². The van der Waals surface area contributed by atoms with Gasteiger partial charge in [-0.3, -0.25) is 4.79 Å². The fourth-order valence-corrected chi connectivity index (χ4v) is 3.93. The van der Waals surface area contributed by atoms with Gasteiger partial charge in [-0.1, -0.05) is 43.2 Å². The van der Waals surface area contributed by atoms with Crippen molar-refractivity contribution in [3.8, 4) is 0 Å². The molecule has 0 aromatic heterocycles. The Morgan fingerprint density at radius 3 is 2.29 bits per heavy atom. The molecule has 1 aliphatic carbocycles. The number of nitrogens with one attached hydrogen (secondary N) is 2. The molecule has 0 atom stereocenters. The Kier molecular flexibility index (Phi) is 4.03. The first-order chi connectivity index (χ1) is 10.1. The quantitative estimate of drug-likeness (QED) is 0.897. The lowest BCUT2D eigenvalue weighted by Crippen LogP contribution is -2.56. The number of piperidine rings is 1. The van der Waals surface area contributed by atoms with Crippen LogP contribution in [0.25, 0.3) is 0 Å². The third-order valence-corrected chi connectivity index (χ3v) is 5.34. The molecule has 0 unspecified atom stereocenters. The van der Waals surface area contributed by atoms with E-state index in [2.05, 4.69) is 29.7 Å². The van der Waals surface area contributed by atoms with Crippen molar-refractivity contribution < 1.29 is 4.79 Å². The predicted molar refractivity (Wildman–Crippen MR) is 85.2 cm³/mol. The Morgan fingerprint density at radius 2 is 1.67 bits per heavy atom. The van der Waals surface area contributed by atoms with Crippen molar-refractivity contribution in [1.29, 1.82) is 0 Å². The topological polar surface area (TPSA) is 41.1 Å². The van der Waals surface area contributed by atoms with Crippen molar-refractivity contribution in [3.63, 3.8) is 0 Å². The number of carbonyl (C=O) groups is 1. The zero-order valence-corrected chi connectivity index (χ0v) is 13.0. The maximum atomic E-state index is 13.1. The molecule has 1 aromatic rings. The molecule has 2 N–H and O–H groups in total. The average Bonchev–Trinajstić information content (AvgIpc) is 2.95. The van der Waals surface area contributed by atoms with E-state index in [1.54, 1.807) is 0 Å². The summed E-state index contributed by atoms with van der Waals surface area (Å²) in [7, 11) is 0. The molecular weight excluding hydrogens is 260 g/mol. The van der Waals surface area contributed by atoms with Crippen LogP contribution in [0.15, 0.2) is 30.3 Å². The van der Waals surface area contributed by atoms with Gasteiger partial charge in [0.1, 0.15) is 0 Å². The molecule has 114 valence electrons. The summed E-state index contributed by atoms with van der Waals surface area (Å²) in [5.41, 5.74) is 0.826. The van der Waals surface area contributed by atoms with Crippen LogP contribution in [0.3, 0.4) is 0 Å². The van der Waals surface area contributed by atoms with Crippen LogP contribution in [0, 0.1) is 0 Å². The predicted octanol–water partition coefficient (Wildman–Crippen LogP) is 2.76.